The fraction of sp³-hybridized carbons (Fsp3) is 0.444. The number of nitrogens with one attached hydrogen (secondary N) is 1. The quantitative estimate of drug-likeness (QED) is 0.873. The van der Waals surface area contributed by atoms with E-state index in [1.807, 2.05) is 24.4 Å². The van der Waals surface area contributed by atoms with Crippen LogP contribution in [-0.2, 0) is 16.1 Å². The number of hydrogen-bond acceptors (Lipinski definition) is 5. The Hall–Kier alpha value is -2.90. The predicted molar refractivity (Wildman–Crippen MR) is 94.5 cm³/mol. The van der Waals surface area contributed by atoms with E-state index in [4.69, 9.17) is 0 Å². The van der Waals surface area contributed by atoms with Gasteiger partial charge in [-0.2, -0.15) is 0 Å². The first-order chi connectivity index (χ1) is 12.7. The summed E-state index contributed by atoms with van der Waals surface area (Å²) in [7, 11) is 1.28. The smallest absolute Gasteiger partial charge is 0.407 e. The largest absolute Gasteiger partial charge is 0.453 e. The number of ether oxygens (including phenoxy) is 1. The summed E-state index contributed by atoms with van der Waals surface area (Å²) in [4.78, 5) is 34.1. The van der Waals surface area contributed by atoms with Crippen LogP contribution in [0, 0.1) is 0 Å². The first-order valence-electron chi connectivity index (χ1n) is 8.68. The summed E-state index contributed by atoms with van der Waals surface area (Å²) < 4.78 is 6.59. The van der Waals surface area contributed by atoms with Crippen LogP contribution in [0.15, 0.2) is 36.8 Å². The molecule has 2 aromatic heterocycles. The van der Waals surface area contributed by atoms with E-state index in [9.17, 15) is 9.59 Å². The Morgan fingerprint density at radius 2 is 2.19 bits per heavy atom. The van der Waals surface area contributed by atoms with Crippen LogP contribution in [0.4, 0.5) is 4.79 Å². The van der Waals surface area contributed by atoms with Crippen LogP contribution in [0.25, 0.3) is 0 Å². The third kappa shape index (κ3) is 4.38. The molecule has 0 radical (unpaired) electrons. The van der Waals surface area contributed by atoms with E-state index < -0.39 is 6.09 Å². The fourth-order valence-electron chi connectivity index (χ4n) is 3.23. The van der Waals surface area contributed by atoms with Crippen molar-refractivity contribution in [3.63, 3.8) is 0 Å². The van der Waals surface area contributed by atoms with Crippen molar-refractivity contribution in [1.82, 2.24) is 24.8 Å². The number of aromatic nitrogens is 3. The fourth-order valence-corrected chi connectivity index (χ4v) is 3.23. The van der Waals surface area contributed by atoms with Gasteiger partial charge in [-0.3, -0.25) is 9.78 Å². The van der Waals surface area contributed by atoms with Gasteiger partial charge in [0, 0.05) is 37.6 Å². The number of imidazole rings is 1. The molecule has 2 amide bonds. The lowest BCUT2D eigenvalue weighted by atomic mass is 9.97. The van der Waals surface area contributed by atoms with Gasteiger partial charge in [0.15, 0.2) is 0 Å². The SMILES string of the molecule is COC(=O)NCC(=O)N1CCC[C@@H](c2nccn2Cc2ccccn2)C1. The number of piperidine rings is 1. The third-order valence-corrected chi connectivity index (χ3v) is 4.51. The molecule has 8 heteroatoms. The van der Waals surface area contributed by atoms with Crippen LogP contribution in [-0.4, -0.2) is 58.2 Å². The third-order valence-electron chi connectivity index (χ3n) is 4.51. The number of rotatable bonds is 5. The molecule has 2 aromatic rings. The zero-order valence-electron chi connectivity index (χ0n) is 14.8. The van der Waals surface area contributed by atoms with Gasteiger partial charge in [0.25, 0.3) is 0 Å². The summed E-state index contributed by atoms with van der Waals surface area (Å²) in [5.74, 6) is 1.03. The number of carbonyl (C=O) groups is 2. The van der Waals surface area contributed by atoms with E-state index >= 15 is 0 Å². The average Bonchev–Trinajstić information content (AvgIpc) is 3.14. The van der Waals surface area contributed by atoms with Gasteiger partial charge in [-0.25, -0.2) is 9.78 Å². The van der Waals surface area contributed by atoms with Crippen LogP contribution < -0.4 is 5.32 Å². The highest BCUT2D eigenvalue weighted by molar-refractivity contribution is 5.82. The van der Waals surface area contributed by atoms with E-state index in [1.54, 1.807) is 17.3 Å². The van der Waals surface area contributed by atoms with Gasteiger partial charge in [-0.05, 0) is 25.0 Å². The summed E-state index contributed by atoms with van der Waals surface area (Å²) in [6.45, 7) is 1.90. The van der Waals surface area contributed by atoms with Crippen LogP contribution in [0.5, 0.6) is 0 Å². The number of amides is 2. The maximum atomic E-state index is 12.3. The summed E-state index contributed by atoms with van der Waals surface area (Å²) in [6, 6.07) is 5.85. The minimum Gasteiger partial charge on any atom is -0.453 e. The number of nitrogens with zero attached hydrogens (tertiary/aromatic N) is 4. The van der Waals surface area contributed by atoms with Crippen LogP contribution in [0.1, 0.15) is 30.3 Å². The first-order valence-corrected chi connectivity index (χ1v) is 8.68. The van der Waals surface area contributed by atoms with E-state index in [-0.39, 0.29) is 18.4 Å². The summed E-state index contributed by atoms with van der Waals surface area (Å²) in [5, 5.41) is 2.44. The van der Waals surface area contributed by atoms with Gasteiger partial charge < -0.3 is 19.5 Å². The number of carbonyl (C=O) groups excluding carboxylic acids is 2. The molecule has 1 aliphatic heterocycles. The molecular weight excluding hydrogens is 334 g/mol. The number of likely N-dealkylation sites (tertiary alicyclic amines) is 1. The van der Waals surface area contributed by atoms with Crippen molar-refractivity contribution < 1.29 is 14.3 Å². The Kier molecular flexibility index (Phi) is 5.83. The van der Waals surface area contributed by atoms with Crippen molar-refractivity contribution >= 4 is 12.0 Å². The molecule has 1 aliphatic rings. The van der Waals surface area contributed by atoms with Gasteiger partial charge >= 0.3 is 6.09 Å². The van der Waals surface area contributed by atoms with Crippen molar-refractivity contribution in [2.45, 2.75) is 25.3 Å². The molecule has 1 N–H and O–H groups in total. The Morgan fingerprint density at radius 3 is 2.96 bits per heavy atom. The van der Waals surface area contributed by atoms with Crippen LogP contribution in [0.2, 0.25) is 0 Å². The topological polar surface area (TPSA) is 89.4 Å². The zero-order valence-corrected chi connectivity index (χ0v) is 14.8. The number of alkyl carbamates (subject to hydrolysis) is 1. The van der Waals surface area contributed by atoms with Gasteiger partial charge in [0.05, 0.1) is 19.3 Å². The molecule has 0 bridgehead atoms. The Bertz CT molecular complexity index is 746. The molecule has 0 unspecified atom stereocenters. The van der Waals surface area contributed by atoms with Gasteiger partial charge in [-0.1, -0.05) is 6.07 Å². The van der Waals surface area contributed by atoms with E-state index in [1.165, 1.54) is 7.11 Å². The molecule has 1 fully saturated rings. The summed E-state index contributed by atoms with van der Waals surface area (Å²) in [6.07, 6.45) is 6.80. The summed E-state index contributed by atoms with van der Waals surface area (Å²) in [5.41, 5.74) is 0.970. The maximum absolute atomic E-state index is 12.3. The molecule has 3 rings (SSSR count). The first kappa shape index (κ1) is 17.9. The molecule has 1 saturated heterocycles. The van der Waals surface area contributed by atoms with Crippen molar-refractivity contribution in [2.75, 3.05) is 26.7 Å². The van der Waals surface area contributed by atoms with E-state index in [0.29, 0.717) is 19.6 Å². The van der Waals surface area contributed by atoms with Gasteiger partial charge in [0.1, 0.15) is 12.4 Å². The second-order valence-corrected chi connectivity index (χ2v) is 6.26. The van der Waals surface area contributed by atoms with Crippen molar-refractivity contribution in [2.24, 2.45) is 0 Å². The van der Waals surface area contributed by atoms with E-state index in [0.717, 1.165) is 24.4 Å². The minimum absolute atomic E-state index is 0.0538. The standard InChI is InChI=1S/C18H23N5O3/c1-26-18(25)21-11-16(24)22-9-4-5-14(12-22)17-20-8-10-23(17)13-15-6-2-3-7-19-15/h2-3,6-8,10,14H,4-5,9,11-13H2,1H3,(H,21,25)/t14-/m1/s1. The highest BCUT2D eigenvalue weighted by atomic mass is 16.5. The normalized spacial score (nSPS) is 17.0. The molecule has 1 atom stereocenters. The Balaban J connectivity index is 1.64. The minimum atomic E-state index is -0.599. The highest BCUT2D eigenvalue weighted by Gasteiger charge is 2.27. The lowest BCUT2D eigenvalue weighted by molar-refractivity contribution is -0.131. The molecule has 0 saturated carbocycles. The molecule has 0 spiro atoms. The monoisotopic (exact) mass is 357 g/mol. The average molecular weight is 357 g/mol. The number of pyridine rings is 1. The second-order valence-electron chi connectivity index (χ2n) is 6.26. The lowest BCUT2D eigenvalue weighted by Gasteiger charge is -2.32. The number of methoxy groups -OCH3 is 1. The molecule has 0 aromatic carbocycles. The van der Waals surface area contributed by atoms with Crippen molar-refractivity contribution in [3.8, 4) is 0 Å². The van der Waals surface area contributed by atoms with Crippen LogP contribution in [0.3, 0.4) is 0 Å². The Labute approximate surface area is 152 Å². The van der Waals surface area contributed by atoms with Crippen LogP contribution >= 0.6 is 0 Å². The summed E-state index contributed by atoms with van der Waals surface area (Å²) >= 11 is 0. The van der Waals surface area contributed by atoms with Gasteiger partial charge in [0.2, 0.25) is 5.91 Å². The predicted octanol–water partition coefficient (Wildman–Crippen LogP) is 1.39. The zero-order chi connectivity index (χ0) is 18.4. The Morgan fingerprint density at radius 1 is 1.31 bits per heavy atom. The molecular formula is C18H23N5O3. The molecule has 26 heavy (non-hydrogen) atoms. The molecule has 8 nitrogen and oxygen atoms in total. The molecule has 0 aliphatic carbocycles. The molecule has 3 heterocycles. The van der Waals surface area contributed by atoms with Gasteiger partial charge in [-0.15, -0.1) is 0 Å². The second kappa shape index (κ2) is 8.46. The lowest BCUT2D eigenvalue weighted by Crippen LogP contribution is -2.44. The van der Waals surface area contributed by atoms with E-state index in [2.05, 4.69) is 24.6 Å². The van der Waals surface area contributed by atoms with Crippen molar-refractivity contribution in [1.29, 1.82) is 0 Å². The number of hydrogen-bond donors (Lipinski definition) is 1. The molecule has 138 valence electrons. The van der Waals surface area contributed by atoms with Crippen molar-refractivity contribution in [3.05, 3.63) is 48.3 Å². The highest BCUT2D eigenvalue weighted by Crippen LogP contribution is 2.26. The maximum Gasteiger partial charge on any atom is 0.407 e.